The first-order chi connectivity index (χ1) is 8.81. The second-order valence-corrected chi connectivity index (χ2v) is 4.23. The van der Waals surface area contributed by atoms with Crippen LogP contribution in [0.3, 0.4) is 0 Å². The van der Waals surface area contributed by atoms with Crippen LogP contribution in [0.1, 0.15) is 16.7 Å². The van der Waals surface area contributed by atoms with E-state index in [1.54, 1.807) is 7.11 Å². The molecule has 0 amide bonds. The van der Waals surface area contributed by atoms with Crippen LogP contribution in [0.25, 0.3) is 0 Å². The summed E-state index contributed by atoms with van der Waals surface area (Å²) in [7, 11) is 1.65. The monoisotopic (exact) mass is 272 g/mol. The van der Waals surface area contributed by atoms with Gasteiger partial charge in [-0.05, 0) is 0 Å². The molecule has 0 bridgehead atoms. The van der Waals surface area contributed by atoms with Crippen molar-refractivity contribution in [2.45, 2.75) is 0 Å². The van der Waals surface area contributed by atoms with Crippen LogP contribution < -0.4 is 0 Å². The topological polar surface area (TPSA) is 9.23 Å². The molecule has 0 aliphatic rings. The summed E-state index contributed by atoms with van der Waals surface area (Å²) in [5, 5.41) is 0. The summed E-state index contributed by atoms with van der Waals surface area (Å²) in [4.78, 5) is 0. The first-order valence-corrected chi connectivity index (χ1v) is 6.19. The van der Waals surface area contributed by atoms with E-state index in [4.69, 9.17) is 4.74 Å². The molecule has 2 aromatic carbocycles. The van der Waals surface area contributed by atoms with Crippen LogP contribution in [0.2, 0.25) is 0 Å². The van der Waals surface area contributed by atoms with Gasteiger partial charge in [-0.15, -0.1) is 0 Å². The Hall–Kier alpha value is -1.64. The number of hydrogen-bond acceptors (Lipinski definition) is 1. The van der Waals surface area contributed by atoms with Crippen LogP contribution in [0.5, 0.6) is 0 Å². The fourth-order valence-electron chi connectivity index (χ4n) is 1.54. The van der Waals surface area contributed by atoms with E-state index in [0.717, 1.165) is 21.3 Å². The number of methoxy groups -OCH3 is 1. The molecule has 2 aromatic rings. The van der Waals surface area contributed by atoms with E-state index in [9.17, 15) is 0 Å². The van der Waals surface area contributed by atoms with Crippen LogP contribution >= 0.6 is 0 Å². The maximum absolute atomic E-state index is 5.22. The fraction of sp³-hybridized carbons (Fsp3) is 0.0625. The van der Waals surface area contributed by atoms with Gasteiger partial charge in [-0.25, -0.2) is 0 Å². The van der Waals surface area contributed by atoms with Crippen molar-refractivity contribution in [1.29, 1.82) is 0 Å². The van der Waals surface area contributed by atoms with E-state index in [-0.39, 0.29) is 0 Å². The summed E-state index contributed by atoms with van der Waals surface area (Å²) in [5.41, 5.74) is 2.95. The molecule has 0 spiro atoms. The molecule has 0 aromatic heterocycles. The number of rotatable bonds is 2. The molecule has 18 heavy (non-hydrogen) atoms. The van der Waals surface area contributed by atoms with Gasteiger partial charge >= 0.3 is 115 Å². The standard InChI is InChI=1S/C16H12O.Cr/c1-17-13-16-10-6-5-9-15(16)12-11-14-7-3-2-4-8-14;/h2-10H,1H3;. The van der Waals surface area contributed by atoms with Crippen LogP contribution in [-0.4, -0.2) is 11.7 Å². The molecule has 1 nitrogen and oxygen atoms in total. The van der Waals surface area contributed by atoms with E-state index in [1.807, 2.05) is 54.6 Å². The first kappa shape index (κ1) is 12.8. The molecular weight excluding hydrogens is 260 g/mol. The average Bonchev–Trinajstić information content (AvgIpc) is 2.45. The van der Waals surface area contributed by atoms with Gasteiger partial charge in [-0.2, -0.15) is 0 Å². The minimum atomic E-state index is 0.757. The molecule has 0 atom stereocenters. The Morgan fingerprint density at radius 2 is 1.61 bits per heavy atom. The SMILES string of the molecule is CO[C](=[Cr])c1ccccc1C#Cc1ccccc1. The number of ether oxygens (including phenoxy) is 1. The van der Waals surface area contributed by atoms with Crippen molar-refractivity contribution in [2.24, 2.45) is 0 Å². The normalized spacial score (nSPS) is 9.39. The molecule has 0 N–H and O–H groups in total. The zero-order valence-electron chi connectivity index (χ0n) is 10.0. The van der Waals surface area contributed by atoms with Crippen LogP contribution in [-0.2, 0) is 20.6 Å². The molecule has 0 aliphatic heterocycles. The molecule has 2 heteroatoms. The van der Waals surface area contributed by atoms with Gasteiger partial charge in [0.05, 0.1) is 0 Å². The maximum atomic E-state index is 5.22. The Kier molecular flexibility index (Phi) is 4.51. The third-order valence-electron chi connectivity index (χ3n) is 2.45. The molecule has 0 aliphatic carbocycles. The molecule has 0 saturated heterocycles. The van der Waals surface area contributed by atoms with Crippen molar-refractivity contribution in [2.75, 3.05) is 7.11 Å². The Labute approximate surface area is 115 Å². The molecule has 0 saturated carbocycles. The summed E-state index contributed by atoms with van der Waals surface area (Å²) in [6, 6.07) is 17.9. The summed E-state index contributed by atoms with van der Waals surface area (Å²) in [6.45, 7) is 0. The third kappa shape index (κ3) is 3.19. The van der Waals surface area contributed by atoms with Gasteiger partial charge in [0, 0.05) is 0 Å². The Bertz CT molecular complexity index is 606. The molecule has 0 radical (unpaired) electrons. The van der Waals surface area contributed by atoms with E-state index >= 15 is 0 Å². The van der Waals surface area contributed by atoms with Gasteiger partial charge < -0.3 is 0 Å². The van der Waals surface area contributed by atoms with Crippen LogP contribution in [0, 0.1) is 11.8 Å². The van der Waals surface area contributed by atoms with E-state index in [2.05, 4.69) is 27.7 Å². The second-order valence-electron chi connectivity index (χ2n) is 3.65. The van der Waals surface area contributed by atoms with Crippen molar-refractivity contribution in [1.82, 2.24) is 0 Å². The van der Waals surface area contributed by atoms with Crippen molar-refractivity contribution >= 4 is 4.57 Å². The van der Waals surface area contributed by atoms with E-state index < -0.39 is 0 Å². The zero-order valence-corrected chi connectivity index (χ0v) is 11.3. The van der Waals surface area contributed by atoms with Crippen molar-refractivity contribution in [3.8, 4) is 11.8 Å². The predicted molar refractivity (Wildman–Crippen MR) is 70.0 cm³/mol. The van der Waals surface area contributed by atoms with E-state index in [1.165, 1.54) is 0 Å². The average molecular weight is 272 g/mol. The summed E-state index contributed by atoms with van der Waals surface area (Å²) >= 11 is 2.91. The summed E-state index contributed by atoms with van der Waals surface area (Å²) < 4.78 is 5.98. The molecule has 0 fully saturated rings. The third-order valence-corrected chi connectivity index (χ3v) is 3.05. The minimum absolute atomic E-state index is 0.757. The van der Waals surface area contributed by atoms with E-state index in [0.29, 0.717) is 0 Å². The summed E-state index contributed by atoms with van der Waals surface area (Å²) in [5.74, 6) is 6.32. The zero-order chi connectivity index (χ0) is 12.8. The molecule has 2 rings (SSSR count). The number of hydrogen-bond donors (Lipinski definition) is 0. The predicted octanol–water partition coefficient (Wildman–Crippen LogP) is 2.76. The quantitative estimate of drug-likeness (QED) is 0.764. The van der Waals surface area contributed by atoms with Crippen LogP contribution in [0.4, 0.5) is 0 Å². The van der Waals surface area contributed by atoms with Gasteiger partial charge in [-0.3, -0.25) is 0 Å². The Balaban J connectivity index is 2.36. The number of benzene rings is 2. The van der Waals surface area contributed by atoms with Gasteiger partial charge in [0.25, 0.3) is 0 Å². The van der Waals surface area contributed by atoms with Gasteiger partial charge in [0.15, 0.2) is 0 Å². The van der Waals surface area contributed by atoms with Gasteiger partial charge in [0.1, 0.15) is 0 Å². The second kappa shape index (κ2) is 6.34. The molecule has 0 unspecified atom stereocenters. The van der Waals surface area contributed by atoms with Crippen molar-refractivity contribution < 1.29 is 20.6 Å². The van der Waals surface area contributed by atoms with Crippen molar-refractivity contribution in [3.05, 3.63) is 71.3 Å². The van der Waals surface area contributed by atoms with Crippen LogP contribution in [0.15, 0.2) is 54.6 Å². The fourth-order valence-corrected chi connectivity index (χ4v) is 1.82. The van der Waals surface area contributed by atoms with Gasteiger partial charge in [0.2, 0.25) is 0 Å². The van der Waals surface area contributed by atoms with Gasteiger partial charge in [-0.1, -0.05) is 0 Å². The molecular formula is C16H12CrO. The summed E-state index contributed by atoms with van der Waals surface area (Å²) in [6.07, 6.45) is 0. The molecule has 0 heterocycles. The van der Waals surface area contributed by atoms with Crippen molar-refractivity contribution in [3.63, 3.8) is 0 Å². The Morgan fingerprint density at radius 3 is 2.33 bits per heavy atom. The molecule has 88 valence electrons. The Morgan fingerprint density at radius 1 is 0.944 bits per heavy atom. The first-order valence-electron chi connectivity index (χ1n) is 5.55.